The zero-order valence-electron chi connectivity index (χ0n) is 18.5. The third kappa shape index (κ3) is 6.89. The van der Waals surface area contributed by atoms with Gasteiger partial charge in [0.15, 0.2) is 0 Å². The molecular formula is C23H32FN5O2. The van der Waals surface area contributed by atoms with Crippen LogP contribution in [0.2, 0.25) is 0 Å². The number of nitrogens with zero attached hydrogens (tertiary/aromatic N) is 4. The normalized spacial score (nSPS) is 18.0. The second-order valence-corrected chi connectivity index (χ2v) is 8.56. The minimum Gasteiger partial charge on any atom is -0.387 e. The molecule has 2 heterocycles. The average Bonchev–Trinajstić information content (AvgIpc) is 3.47. The van der Waals surface area contributed by atoms with Gasteiger partial charge in [0.25, 0.3) is 0 Å². The molecule has 31 heavy (non-hydrogen) atoms. The number of aliphatic hydroxyl groups is 1. The second kappa shape index (κ2) is 10.0. The molecule has 168 valence electrons. The van der Waals surface area contributed by atoms with Crippen molar-refractivity contribution in [2.75, 3.05) is 42.9 Å². The Bertz CT molecular complexity index is 878. The molecule has 1 atom stereocenters. The Morgan fingerprint density at radius 2 is 1.87 bits per heavy atom. The number of amides is 1. The predicted molar refractivity (Wildman–Crippen MR) is 120 cm³/mol. The van der Waals surface area contributed by atoms with Crippen molar-refractivity contribution in [1.82, 2.24) is 14.9 Å². The first-order valence-corrected chi connectivity index (χ1v) is 10.7. The van der Waals surface area contributed by atoms with Gasteiger partial charge in [-0.15, -0.1) is 0 Å². The summed E-state index contributed by atoms with van der Waals surface area (Å²) in [5.74, 6) is 1.51. The molecule has 8 heteroatoms. The van der Waals surface area contributed by atoms with Crippen molar-refractivity contribution in [2.24, 2.45) is 0 Å². The molecule has 0 spiro atoms. The SMILES string of the molecule is CC1(F)CC1.Cc1ccc(C(O)CNc2cc(N3CCN(C=O)CC3)ncn2)c(C)c1. The molecule has 2 aliphatic rings. The number of aromatic nitrogens is 2. The lowest BCUT2D eigenvalue weighted by Gasteiger charge is -2.33. The van der Waals surface area contributed by atoms with Gasteiger partial charge in [0.05, 0.1) is 6.10 Å². The maximum Gasteiger partial charge on any atom is 0.209 e. The molecule has 4 rings (SSSR count). The lowest BCUT2D eigenvalue weighted by atomic mass is 10.0. The molecule has 0 radical (unpaired) electrons. The second-order valence-electron chi connectivity index (χ2n) is 8.56. The molecule has 1 aliphatic heterocycles. The Labute approximate surface area is 183 Å². The molecule has 1 aromatic carbocycles. The molecule has 1 amide bonds. The number of alkyl halides is 1. The third-order valence-electron chi connectivity index (χ3n) is 5.64. The van der Waals surface area contributed by atoms with Gasteiger partial charge in [-0.05, 0) is 44.7 Å². The molecule has 2 N–H and O–H groups in total. The highest BCUT2D eigenvalue weighted by Crippen LogP contribution is 2.38. The van der Waals surface area contributed by atoms with Gasteiger partial charge >= 0.3 is 0 Å². The highest BCUT2D eigenvalue weighted by molar-refractivity contribution is 5.51. The van der Waals surface area contributed by atoms with Crippen molar-refractivity contribution in [1.29, 1.82) is 0 Å². The first-order chi connectivity index (χ1) is 14.8. The van der Waals surface area contributed by atoms with Gasteiger partial charge in [-0.3, -0.25) is 4.79 Å². The van der Waals surface area contributed by atoms with Gasteiger partial charge in [0.2, 0.25) is 6.41 Å². The van der Waals surface area contributed by atoms with Crippen LogP contribution in [0.15, 0.2) is 30.6 Å². The Kier molecular flexibility index (Phi) is 7.43. The summed E-state index contributed by atoms with van der Waals surface area (Å²) in [5.41, 5.74) is 2.43. The van der Waals surface area contributed by atoms with E-state index in [1.807, 2.05) is 32.0 Å². The number of hydrogen-bond donors (Lipinski definition) is 2. The number of halogens is 1. The lowest BCUT2D eigenvalue weighted by Crippen LogP contribution is -2.46. The monoisotopic (exact) mass is 429 g/mol. The zero-order valence-corrected chi connectivity index (χ0v) is 18.5. The number of carbonyl (C=O) groups is 1. The third-order valence-corrected chi connectivity index (χ3v) is 5.64. The molecule has 1 aromatic heterocycles. The fraction of sp³-hybridized carbons (Fsp3) is 0.522. The summed E-state index contributed by atoms with van der Waals surface area (Å²) in [6, 6.07) is 7.92. The van der Waals surface area contributed by atoms with E-state index in [-0.39, 0.29) is 0 Å². The van der Waals surface area contributed by atoms with Gasteiger partial charge in [-0.2, -0.15) is 0 Å². The number of aryl methyl sites for hydroxylation is 2. The van der Waals surface area contributed by atoms with E-state index in [1.165, 1.54) is 11.9 Å². The van der Waals surface area contributed by atoms with Gasteiger partial charge in [-0.25, -0.2) is 14.4 Å². The number of piperazine rings is 1. The molecule has 2 aromatic rings. The summed E-state index contributed by atoms with van der Waals surface area (Å²) in [6.45, 7) is 8.95. The molecule has 1 saturated carbocycles. The quantitative estimate of drug-likeness (QED) is 0.687. The molecule has 0 bridgehead atoms. The first kappa shape index (κ1) is 22.9. The highest BCUT2D eigenvalue weighted by atomic mass is 19.1. The summed E-state index contributed by atoms with van der Waals surface area (Å²) in [4.78, 5) is 23.3. The van der Waals surface area contributed by atoms with Crippen LogP contribution in [0.25, 0.3) is 0 Å². The highest BCUT2D eigenvalue weighted by Gasteiger charge is 2.36. The minimum atomic E-state index is -0.750. The standard InChI is InChI=1S/C19H25N5O2.C4H7F/c1-14-3-4-16(15(2)9-14)17(26)11-20-18-10-19(22-12-21-18)24-7-5-23(13-25)6-8-24;1-4(5)2-3-4/h3-4,9-10,12-13,17,26H,5-8,11H2,1-2H3,(H,20,21,22);2-3H2,1H3. The average molecular weight is 430 g/mol. The molecule has 1 unspecified atom stereocenters. The van der Waals surface area contributed by atoms with E-state index in [0.29, 0.717) is 25.5 Å². The molecular weight excluding hydrogens is 397 g/mol. The van der Waals surface area contributed by atoms with Crippen molar-refractivity contribution in [3.05, 3.63) is 47.3 Å². The Balaban J connectivity index is 0.000000478. The van der Waals surface area contributed by atoms with E-state index in [1.54, 1.807) is 11.8 Å². The van der Waals surface area contributed by atoms with E-state index in [9.17, 15) is 14.3 Å². The van der Waals surface area contributed by atoms with E-state index < -0.39 is 11.8 Å². The number of benzene rings is 1. The maximum absolute atomic E-state index is 11.8. The van der Waals surface area contributed by atoms with Crippen molar-refractivity contribution in [3.8, 4) is 0 Å². The van der Waals surface area contributed by atoms with E-state index in [0.717, 1.165) is 49.3 Å². The summed E-state index contributed by atoms with van der Waals surface area (Å²) < 4.78 is 11.8. The molecule has 7 nitrogen and oxygen atoms in total. The Morgan fingerprint density at radius 3 is 2.45 bits per heavy atom. The summed E-state index contributed by atoms with van der Waals surface area (Å²) in [6.07, 6.45) is 3.37. The summed E-state index contributed by atoms with van der Waals surface area (Å²) in [5, 5.41) is 13.7. The van der Waals surface area contributed by atoms with Crippen molar-refractivity contribution >= 4 is 18.0 Å². The fourth-order valence-corrected chi connectivity index (χ4v) is 3.36. The predicted octanol–water partition coefficient (Wildman–Crippen LogP) is 3.03. The lowest BCUT2D eigenvalue weighted by molar-refractivity contribution is -0.118. The molecule has 1 saturated heterocycles. The Morgan fingerprint density at radius 1 is 1.19 bits per heavy atom. The number of nitrogens with one attached hydrogen (secondary N) is 1. The summed E-state index contributed by atoms with van der Waals surface area (Å²) >= 11 is 0. The smallest absolute Gasteiger partial charge is 0.209 e. The number of aliphatic hydroxyl groups excluding tert-OH is 1. The van der Waals surface area contributed by atoms with Crippen LogP contribution in [0.1, 0.15) is 42.6 Å². The largest absolute Gasteiger partial charge is 0.387 e. The van der Waals surface area contributed by atoms with Crippen LogP contribution in [0, 0.1) is 13.8 Å². The van der Waals surface area contributed by atoms with E-state index in [4.69, 9.17) is 0 Å². The Hall–Kier alpha value is -2.74. The summed E-state index contributed by atoms with van der Waals surface area (Å²) in [7, 11) is 0. The minimum absolute atomic E-state index is 0.374. The van der Waals surface area contributed by atoms with Crippen LogP contribution in [-0.4, -0.2) is 64.8 Å². The van der Waals surface area contributed by atoms with Gasteiger partial charge < -0.3 is 20.2 Å². The van der Waals surface area contributed by atoms with Crippen LogP contribution in [-0.2, 0) is 4.79 Å². The van der Waals surface area contributed by atoms with Gasteiger partial charge in [0.1, 0.15) is 23.6 Å². The number of anilines is 2. The van der Waals surface area contributed by atoms with Crippen LogP contribution >= 0.6 is 0 Å². The van der Waals surface area contributed by atoms with Crippen LogP contribution in [0.5, 0.6) is 0 Å². The van der Waals surface area contributed by atoms with Gasteiger partial charge in [0, 0.05) is 38.8 Å². The maximum atomic E-state index is 11.8. The molecule has 1 aliphatic carbocycles. The molecule has 2 fully saturated rings. The van der Waals surface area contributed by atoms with Crippen LogP contribution < -0.4 is 10.2 Å². The number of rotatable bonds is 6. The zero-order chi connectivity index (χ0) is 22.4. The van der Waals surface area contributed by atoms with Gasteiger partial charge in [-0.1, -0.05) is 23.8 Å². The van der Waals surface area contributed by atoms with Crippen LogP contribution in [0.3, 0.4) is 0 Å². The van der Waals surface area contributed by atoms with E-state index in [2.05, 4.69) is 26.3 Å². The van der Waals surface area contributed by atoms with Crippen molar-refractivity contribution in [3.63, 3.8) is 0 Å². The van der Waals surface area contributed by atoms with Crippen molar-refractivity contribution in [2.45, 2.75) is 45.4 Å². The van der Waals surface area contributed by atoms with Crippen molar-refractivity contribution < 1.29 is 14.3 Å². The van der Waals surface area contributed by atoms with Crippen LogP contribution in [0.4, 0.5) is 16.0 Å². The first-order valence-electron chi connectivity index (χ1n) is 10.7. The fourth-order valence-electron chi connectivity index (χ4n) is 3.36. The van der Waals surface area contributed by atoms with E-state index >= 15 is 0 Å². The number of hydrogen-bond acceptors (Lipinski definition) is 6. The topological polar surface area (TPSA) is 81.6 Å². The number of carbonyl (C=O) groups excluding carboxylic acids is 1.